The minimum Gasteiger partial charge on any atom is -0.461 e. The molecule has 1 N–H and O–H groups in total. The molecule has 1 heterocycles. The minimum absolute atomic E-state index is 0.210. The Kier molecular flexibility index (Phi) is 4.54. The average Bonchev–Trinajstić information content (AvgIpc) is 2.28. The Morgan fingerprint density at radius 3 is 2.24 bits per heavy atom. The van der Waals surface area contributed by atoms with Gasteiger partial charge in [-0.25, -0.2) is 4.79 Å². The van der Waals surface area contributed by atoms with Gasteiger partial charge >= 0.3 is 18.5 Å². The molecule has 0 aliphatic carbocycles. The molecule has 0 atom stereocenters. The lowest BCUT2D eigenvalue weighted by atomic mass is 10.2. The maximum Gasteiger partial charge on any atom is 0.573 e. The monoisotopic (exact) mass is 319 g/mol. The van der Waals surface area contributed by atoms with Crippen LogP contribution in [0.15, 0.2) is 10.9 Å². The van der Waals surface area contributed by atoms with Crippen LogP contribution in [0, 0.1) is 0 Å². The first-order valence-electron chi connectivity index (χ1n) is 5.23. The van der Waals surface area contributed by atoms with Crippen LogP contribution in [0.25, 0.3) is 0 Å². The molecule has 5 nitrogen and oxygen atoms in total. The molecule has 1 rings (SSSR count). The summed E-state index contributed by atoms with van der Waals surface area (Å²) in [6, 6.07) is -0.210. The maximum absolute atomic E-state index is 12.7. The number of alkyl halides is 6. The van der Waals surface area contributed by atoms with E-state index in [2.05, 4.69) is 9.47 Å². The number of nitrogens with one attached hydrogen (secondary N) is 1. The molecular weight excluding hydrogens is 312 g/mol. The number of hydrogen-bond donors (Lipinski definition) is 1. The van der Waals surface area contributed by atoms with Gasteiger partial charge < -0.3 is 14.5 Å². The second-order valence-electron chi connectivity index (χ2n) is 3.52. The van der Waals surface area contributed by atoms with Crippen LogP contribution in [0.5, 0.6) is 5.75 Å². The highest BCUT2D eigenvalue weighted by Gasteiger charge is 2.39. The second kappa shape index (κ2) is 5.66. The maximum atomic E-state index is 12.7. The molecule has 21 heavy (non-hydrogen) atoms. The summed E-state index contributed by atoms with van der Waals surface area (Å²) < 4.78 is 81.6. The van der Waals surface area contributed by atoms with Crippen molar-refractivity contribution in [2.45, 2.75) is 19.5 Å². The van der Waals surface area contributed by atoms with E-state index in [0.717, 1.165) is 0 Å². The molecule has 0 radical (unpaired) electrons. The van der Waals surface area contributed by atoms with Gasteiger partial charge in [0.15, 0.2) is 5.75 Å². The van der Waals surface area contributed by atoms with Crippen molar-refractivity contribution in [3.05, 3.63) is 27.7 Å². The summed E-state index contributed by atoms with van der Waals surface area (Å²) in [6.45, 7) is 1.00. The third kappa shape index (κ3) is 4.39. The van der Waals surface area contributed by atoms with Gasteiger partial charge in [-0.15, -0.1) is 13.2 Å². The van der Waals surface area contributed by atoms with Crippen LogP contribution in [0.4, 0.5) is 26.3 Å². The summed E-state index contributed by atoms with van der Waals surface area (Å²) in [5.74, 6) is -3.16. The van der Waals surface area contributed by atoms with Crippen LogP contribution in [0.3, 0.4) is 0 Å². The van der Waals surface area contributed by atoms with E-state index in [4.69, 9.17) is 0 Å². The van der Waals surface area contributed by atoms with E-state index < -0.39 is 41.1 Å². The van der Waals surface area contributed by atoms with Crippen LogP contribution >= 0.6 is 0 Å². The van der Waals surface area contributed by atoms with Crippen molar-refractivity contribution in [3.63, 3.8) is 0 Å². The standard InChI is InChI=1S/C10H7F6NO4/c1-2-20-8(19)6-4(9(11,12)13)3-5(7(18)17-6)21-10(14,15)16/h3H,2H2,1H3,(H,17,18). The van der Waals surface area contributed by atoms with Gasteiger partial charge in [-0.05, 0) is 6.92 Å². The van der Waals surface area contributed by atoms with Crippen molar-refractivity contribution in [2.75, 3.05) is 6.61 Å². The Morgan fingerprint density at radius 2 is 1.81 bits per heavy atom. The summed E-state index contributed by atoms with van der Waals surface area (Å²) in [7, 11) is 0. The molecule has 0 aliphatic rings. The zero-order valence-corrected chi connectivity index (χ0v) is 10.2. The highest BCUT2D eigenvalue weighted by atomic mass is 19.4. The van der Waals surface area contributed by atoms with Crippen LogP contribution in [0.1, 0.15) is 23.0 Å². The lowest BCUT2D eigenvalue weighted by Gasteiger charge is -2.14. The van der Waals surface area contributed by atoms with Crippen LogP contribution in [-0.2, 0) is 10.9 Å². The quantitative estimate of drug-likeness (QED) is 0.686. The van der Waals surface area contributed by atoms with E-state index in [-0.39, 0.29) is 12.7 Å². The number of ether oxygens (including phenoxy) is 2. The fourth-order valence-electron chi connectivity index (χ4n) is 1.30. The van der Waals surface area contributed by atoms with Gasteiger partial charge in [0.2, 0.25) is 0 Å². The summed E-state index contributed by atoms with van der Waals surface area (Å²) in [6.07, 6.45) is -10.6. The first-order valence-corrected chi connectivity index (χ1v) is 5.23. The smallest absolute Gasteiger partial charge is 0.461 e. The first kappa shape index (κ1) is 16.9. The molecule has 1 aromatic rings. The van der Waals surface area contributed by atoms with Gasteiger partial charge in [0.25, 0.3) is 5.56 Å². The molecule has 0 aliphatic heterocycles. The highest BCUT2D eigenvalue weighted by molar-refractivity contribution is 5.89. The van der Waals surface area contributed by atoms with Crippen molar-refractivity contribution < 1.29 is 40.6 Å². The molecule has 0 amide bonds. The molecule has 0 aromatic carbocycles. The minimum atomic E-state index is -5.36. The lowest BCUT2D eigenvalue weighted by Crippen LogP contribution is -2.27. The molecular formula is C10H7F6NO4. The second-order valence-corrected chi connectivity index (χ2v) is 3.52. The van der Waals surface area contributed by atoms with E-state index in [1.54, 1.807) is 0 Å². The Morgan fingerprint density at radius 1 is 1.24 bits per heavy atom. The fourth-order valence-corrected chi connectivity index (χ4v) is 1.30. The number of carbonyl (C=O) groups excluding carboxylic acids is 1. The van der Waals surface area contributed by atoms with E-state index in [1.807, 2.05) is 0 Å². The number of H-pyrrole nitrogens is 1. The normalized spacial score (nSPS) is 12.1. The van der Waals surface area contributed by atoms with Gasteiger partial charge in [0.05, 0.1) is 12.2 Å². The van der Waals surface area contributed by atoms with Crippen molar-refractivity contribution in [1.29, 1.82) is 0 Å². The predicted octanol–water partition coefficient (Wildman–Crippen LogP) is 2.47. The van der Waals surface area contributed by atoms with Gasteiger partial charge in [0.1, 0.15) is 5.69 Å². The Labute approximate surface area is 112 Å². The summed E-state index contributed by atoms with van der Waals surface area (Å²) in [5.41, 5.74) is -4.76. The molecule has 0 saturated heterocycles. The number of rotatable bonds is 3. The molecule has 0 unspecified atom stereocenters. The van der Waals surface area contributed by atoms with Gasteiger partial charge in [-0.2, -0.15) is 13.2 Å². The third-order valence-electron chi connectivity index (χ3n) is 2.02. The third-order valence-corrected chi connectivity index (χ3v) is 2.02. The van der Waals surface area contributed by atoms with Gasteiger partial charge in [-0.3, -0.25) is 4.79 Å². The summed E-state index contributed by atoms with van der Waals surface area (Å²) in [4.78, 5) is 23.9. The van der Waals surface area contributed by atoms with Gasteiger partial charge in [0, 0.05) is 6.07 Å². The molecule has 0 fully saturated rings. The van der Waals surface area contributed by atoms with E-state index >= 15 is 0 Å². The fraction of sp³-hybridized carbons (Fsp3) is 0.400. The van der Waals surface area contributed by atoms with E-state index in [9.17, 15) is 35.9 Å². The molecule has 118 valence electrons. The summed E-state index contributed by atoms with van der Waals surface area (Å²) in [5, 5.41) is 0. The highest BCUT2D eigenvalue weighted by Crippen LogP contribution is 2.33. The van der Waals surface area contributed by atoms with Crippen molar-refractivity contribution in [1.82, 2.24) is 4.98 Å². The number of hydrogen-bond acceptors (Lipinski definition) is 4. The van der Waals surface area contributed by atoms with Crippen LogP contribution in [-0.4, -0.2) is 23.9 Å². The lowest BCUT2D eigenvalue weighted by molar-refractivity contribution is -0.275. The molecule has 11 heteroatoms. The van der Waals surface area contributed by atoms with E-state index in [0.29, 0.717) is 0 Å². The first-order chi connectivity index (χ1) is 9.45. The number of aromatic nitrogens is 1. The van der Waals surface area contributed by atoms with Crippen molar-refractivity contribution in [2.24, 2.45) is 0 Å². The zero-order valence-electron chi connectivity index (χ0n) is 10.2. The topological polar surface area (TPSA) is 68.4 Å². The zero-order chi connectivity index (χ0) is 16.4. The number of carbonyl (C=O) groups is 1. The molecule has 1 aromatic heterocycles. The van der Waals surface area contributed by atoms with Crippen molar-refractivity contribution >= 4 is 5.97 Å². The SMILES string of the molecule is CCOC(=O)c1[nH]c(=O)c(OC(F)(F)F)cc1C(F)(F)F. The number of esters is 1. The Bertz CT molecular complexity index is 589. The van der Waals surface area contributed by atoms with Crippen LogP contribution in [0.2, 0.25) is 0 Å². The molecule has 0 saturated carbocycles. The average molecular weight is 319 g/mol. The Hall–Kier alpha value is -2.20. The number of aromatic amines is 1. The molecule has 0 bridgehead atoms. The molecule has 0 spiro atoms. The number of pyridine rings is 1. The van der Waals surface area contributed by atoms with Crippen molar-refractivity contribution in [3.8, 4) is 5.75 Å². The largest absolute Gasteiger partial charge is 0.573 e. The summed E-state index contributed by atoms with van der Waals surface area (Å²) >= 11 is 0. The number of halogens is 6. The predicted molar refractivity (Wildman–Crippen MR) is 54.7 cm³/mol. The Balaban J connectivity index is 3.44. The van der Waals surface area contributed by atoms with E-state index in [1.165, 1.54) is 11.9 Å². The van der Waals surface area contributed by atoms with Crippen LogP contribution < -0.4 is 10.3 Å². The van der Waals surface area contributed by atoms with Gasteiger partial charge in [-0.1, -0.05) is 0 Å².